The molecule has 1 aromatic heterocycles. The SMILES string of the molecule is CCOC(=O)/C(N=Nc1ccc(Cl)c(Cl)c1)=C(/O)c1cc(C)on1. The van der Waals surface area contributed by atoms with Gasteiger partial charge >= 0.3 is 5.97 Å². The van der Waals surface area contributed by atoms with Gasteiger partial charge in [0.05, 0.1) is 22.3 Å². The molecule has 126 valence electrons. The van der Waals surface area contributed by atoms with Gasteiger partial charge in [-0.1, -0.05) is 28.4 Å². The molecule has 0 saturated carbocycles. The zero-order valence-corrected chi connectivity index (χ0v) is 14.3. The summed E-state index contributed by atoms with van der Waals surface area (Å²) in [6.45, 7) is 3.38. The first kappa shape index (κ1) is 18.0. The highest BCUT2D eigenvalue weighted by atomic mass is 35.5. The number of halogens is 2. The van der Waals surface area contributed by atoms with E-state index in [-0.39, 0.29) is 17.3 Å². The van der Waals surface area contributed by atoms with E-state index in [1.165, 1.54) is 18.2 Å². The van der Waals surface area contributed by atoms with Gasteiger partial charge in [-0.3, -0.25) is 0 Å². The lowest BCUT2D eigenvalue weighted by atomic mass is 10.2. The number of esters is 1. The molecule has 1 heterocycles. The quantitative estimate of drug-likeness (QED) is 0.351. The van der Waals surface area contributed by atoms with E-state index in [0.717, 1.165) is 0 Å². The fourth-order valence-electron chi connectivity index (χ4n) is 1.64. The van der Waals surface area contributed by atoms with E-state index in [2.05, 4.69) is 15.4 Å². The summed E-state index contributed by atoms with van der Waals surface area (Å²) in [5.41, 5.74) is -0.0183. The van der Waals surface area contributed by atoms with Crippen LogP contribution < -0.4 is 0 Å². The Labute approximate surface area is 147 Å². The minimum absolute atomic E-state index is 0.0450. The summed E-state index contributed by atoms with van der Waals surface area (Å²) < 4.78 is 9.74. The molecule has 0 saturated heterocycles. The molecule has 1 aromatic carbocycles. The van der Waals surface area contributed by atoms with Crippen LogP contribution in [0.1, 0.15) is 18.4 Å². The average Bonchev–Trinajstić information content (AvgIpc) is 2.97. The van der Waals surface area contributed by atoms with E-state index in [0.29, 0.717) is 16.5 Å². The number of aliphatic hydroxyl groups excluding tert-OH is 1. The lowest BCUT2D eigenvalue weighted by Gasteiger charge is -2.03. The smallest absolute Gasteiger partial charge is 0.362 e. The van der Waals surface area contributed by atoms with Crippen LogP contribution in [-0.2, 0) is 9.53 Å². The summed E-state index contributed by atoms with van der Waals surface area (Å²) in [5.74, 6) is -0.894. The van der Waals surface area contributed by atoms with Crippen molar-refractivity contribution in [3.8, 4) is 0 Å². The van der Waals surface area contributed by atoms with Crippen LogP contribution in [0.2, 0.25) is 10.0 Å². The topological polar surface area (TPSA) is 97.3 Å². The molecule has 0 radical (unpaired) electrons. The molecule has 0 unspecified atom stereocenters. The van der Waals surface area contributed by atoms with Crippen LogP contribution in [0.5, 0.6) is 0 Å². The molecule has 0 aliphatic carbocycles. The van der Waals surface area contributed by atoms with Gasteiger partial charge in [0.2, 0.25) is 5.70 Å². The maximum absolute atomic E-state index is 12.0. The molecule has 7 nitrogen and oxygen atoms in total. The number of benzene rings is 1. The van der Waals surface area contributed by atoms with Crippen LogP contribution in [0.15, 0.2) is 44.7 Å². The van der Waals surface area contributed by atoms with Crippen LogP contribution in [0.3, 0.4) is 0 Å². The second kappa shape index (κ2) is 7.94. The monoisotopic (exact) mass is 369 g/mol. The summed E-state index contributed by atoms with van der Waals surface area (Å²) in [7, 11) is 0. The molecule has 0 bridgehead atoms. The summed E-state index contributed by atoms with van der Waals surface area (Å²) >= 11 is 11.7. The molecule has 1 N–H and O–H groups in total. The zero-order chi connectivity index (χ0) is 17.7. The number of aromatic nitrogens is 1. The van der Waals surface area contributed by atoms with Gasteiger partial charge in [0, 0.05) is 6.07 Å². The number of nitrogens with zero attached hydrogens (tertiary/aromatic N) is 3. The molecule has 0 aliphatic rings. The Hall–Kier alpha value is -2.38. The minimum atomic E-state index is -0.848. The second-order valence-corrected chi connectivity index (χ2v) is 5.35. The van der Waals surface area contributed by atoms with E-state index in [1.807, 2.05) is 0 Å². The Morgan fingerprint density at radius 2 is 2.08 bits per heavy atom. The molecular formula is C15H13Cl2N3O4. The summed E-state index contributed by atoms with van der Waals surface area (Å²) in [6, 6.07) is 6.00. The third kappa shape index (κ3) is 4.33. The third-order valence-corrected chi connectivity index (χ3v) is 3.47. The van der Waals surface area contributed by atoms with Crippen molar-refractivity contribution >= 4 is 40.6 Å². The molecule has 0 spiro atoms. The Kier molecular flexibility index (Phi) is 5.94. The van der Waals surface area contributed by atoms with Crippen LogP contribution in [0.4, 0.5) is 5.69 Å². The third-order valence-electron chi connectivity index (χ3n) is 2.73. The number of hydrogen-bond donors (Lipinski definition) is 1. The first-order valence-corrected chi connectivity index (χ1v) is 7.58. The van der Waals surface area contributed by atoms with Gasteiger partial charge in [-0.25, -0.2) is 4.79 Å². The fraction of sp³-hybridized carbons (Fsp3) is 0.200. The van der Waals surface area contributed by atoms with Crippen molar-refractivity contribution in [3.05, 3.63) is 51.5 Å². The van der Waals surface area contributed by atoms with Crippen molar-refractivity contribution in [1.29, 1.82) is 0 Å². The molecule has 0 aliphatic heterocycles. The second-order valence-electron chi connectivity index (χ2n) is 4.54. The molecule has 2 rings (SSSR count). The summed E-state index contributed by atoms with van der Waals surface area (Å²) in [6.07, 6.45) is 0. The molecule has 0 fully saturated rings. The molecule has 2 aromatic rings. The molecule has 0 atom stereocenters. The van der Waals surface area contributed by atoms with Crippen LogP contribution >= 0.6 is 23.2 Å². The highest BCUT2D eigenvalue weighted by molar-refractivity contribution is 6.42. The predicted molar refractivity (Wildman–Crippen MR) is 88.4 cm³/mol. The number of aliphatic hydroxyl groups is 1. The molecular weight excluding hydrogens is 357 g/mol. The number of ether oxygens (including phenoxy) is 1. The predicted octanol–water partition coefficient (Wildman–Crippen LogP) is 4.86. The molecule has 9 heteroatoms. The minimum Gasteiger partial charge on any atom is -0.504 e. The number of hydrogen-bond acceptors (Lipinski definition) is 7. The lowest BCUT2D eigenvalue weighted by molar-refractivity contribution is -0.138. The molecule has 24 heavy (non-hydrogen) atoms. The number of aryl methyl sites for hydroxylation is 1. The van der Waals surface area contributed by atoms with Gasteiger partial charge in [-0.15, -0.1) is 5.11 Å². The van der Waals surface area contributed by atoms with Crippen LogP contribution in [-0.4, -0.2) is 22.8 Å². The van der Waals surface area contributed by atoms with Gasteiger partial charge in [-0.05, 0) is 32.0 Å². The van der Waals surface area contributed by atoms with Crippen molar-refractivity contribution in [2.45, 2.75) is 13.8 Å². The summed E-state index contributed by atoms with van der Waals surface area (Å²) in [5, 5.41) is 22.1. The first-order valence-electron chi connectivity index (χ1n) is 6.83. The lowest BCUT2D eigenvalue weighted by Crippen LogP contribution is -2.08. The van der Waals surface area contributed by atoms with Crippen LogP contribution in [0, 0.1) is 6.92 Å². The van der Waals surface area contributed by atoms with Gasteiger partial charge in [-0.2, -0.15) is 5.11 Å². The van der Waals surface area contributed by atoms with Crippen molar-refractivity contribution in [1.82, 2.24) is 5.16 Å². The Morgan fingerprint density at radius 3 is 2.67 bits per heavy atom. The first-order chi connectivity index (χ1) is 11.4. The van der Waals surface area contributed by atoms with Crippen molar-refractivity contribution in [3.63, 3.8) is 0 Å². The highest BCUT2D eigenvalue weighted by Crippen LogP contribution is 2.27. The Balaban J connectivity index is 2.41. The van der Waals surface area contributed by atoms with E-state index >= 15 is 0 Å². The standard InChI is InChI=1S/C15H13Cl2N3O4/c1-3-23-15(22)13(14(21)12-6-8(2)24-20-12)19-18-9-4-5-10(16)11(17)7-9/h4-7,21H,3H2,1-2H3/b14-13-,19-18?. The van der Waals surface area contributed by atoms with Crippen LogP contribution in [0.25, 0.3) is 5.76 Å². The highest BCUT2D eigenvalue weighted by Gasteiger charge is 2.20. The van der Waals surface area contributed by atoms with E-state index in [9.17, 15) is 9.90 Å². The molecule has 0 amide bonds. The number of carbonyl (C=O) groups is 1. The maximum Gasteiger partial charge on any atom is 0.362 e. The van der Waals surface area contributed by atoms with Crippen molar-refractivity contribution in [2.24, 2.45) is 10.2 Å². The van der Waals surface area contributed by atoms with Gasteiger partial charge in [0.15, 0.2) is 11.5 Å². The van der Waals surface area contributed by atoms with E-state index in [4.69, 9.17) is 32.5 Å². The maximum atomic E-state index is 12.0. The zero-order valence-electron chi connectivity index (χ0n) is 12.8. The number of carbonyl (C=O) groups excluding carboxylic acids is 1. The summed E-state index contributed by atoms with van der Waals surface area (Å²) in [4.78, 5) is 12.0. The Bertz CT molecular complexity index is 815. The average molecular weight is 370 g/mol. The Morgan fingerprint density at radius 1 is 1.33 bits per heavy atom. The number of azo groups is 1. The van der Waals surface area contributed by atoms with E-state index < -0.39 is 17.4 Å². The van der Waals surface area contributed by atoms with Crippen molar-refractivity contribution < 1.29 is 19.2 Å². The van der Waals surface area contributed by atoms with Gasteiger partial charge in [0.1, 0.15) is 5.76 Å². The number of rotatable bonds is 5. The fourth-order valence-corrected chi connectivity index (χ4v) is 1.93. The van der Waals surface area contributed by atoms with E-state index in [1.54, 1.807) is 19.9 Å². The van der Waals surface area contributed by atoms with Crippen molar-refractivity contribution in [2.75, 3.05) is 6.61 Å². The largest absolute Gasteiger partial charge is 0.504 e. The normalized spacial score (nSPS) is 12.3. The van der Waals surface area contributed by atoms with Gasteiger partial charge in [0.25, 0.3) is 0 Å². The van der Waals surface area contributed by atoms with Gasteiger partial charge < -0.3 is 14.4 Å².